The molecule has 144 valence electrons. The first-order valence-corrected chi connectivity index (χ1v) is 10.6. The first-order valence-electron chi connectivity index (χ1n) is 9.02. The lowest BCUT2D eigenvalue weighted by Gasteiger charge is -2.47. The molecule has 0 aromatic carbocycles. The summed E-state index contributed by atoms with van der Waals surface area (Å²) in [5.41, 5.74) is 0.142. The number of halogens is 2. The lowest BCUT2D eigenvalue weighted by atomic mass is 9.61. The van der Waals surface area contributed by atoms with E-state index in [0.29, 0.717) is 17.4 Å². The molecule has 27 heavy (non-hydrogen) atoms. The molecule has 10 heteroatoms. The molecule has 1 N–H and O–H groups in total. The van der Waals surface area contributed by atoms with Gasteiger partial charge in [-0.2, -0.15) is 0 Å². The number of fused-ring (bicyclic) bond motifs is 3. The second-order valence-electron chi connectivity index (χ2n) is 6.91. The molecule has 0 saturated heterocycles. The van der Waals surface area contributed by atoms with Gasteiger partial charge in [0, 0.05) is 6.04 Å². The van der Waals surface area contributed by atoms with Gasteiger partial charge >= 0.3 is 5.97 Å². The van der Waals surface area contributed by atoms with Crippen LogP contribution in [0.4, 0.5) is 10.2 Å². The number of carbonyl (C=O) groups excluding carboxylic acids is 1. The van der Waals surface area contributed by atoms with Crippen LogP contribution in [0, 0.1) is 23.6 Å². The van der Waals surface area contributed by atoms with Crippen LogP contribution in [0.5, 0.6) is 0 Å². The van der Waals surface area contributed by atoms with Crippen molar-refractivity contribution in [1.82, 2.24) is 19.6 Å². The SMILES string of the molecule is CCOC(=O)[C@H]1C2CCC(CC2)[C@@H]1Nc1nc(Br)nc(-c2cnns2)c1F. The van der Waals surface area contributed by atoms with Gasteiger partial charge < -0.3 is 10.1 Å². The summed E-state index contributed by atoms with van der Waals surface area (Å²) >= 11 is 4.31. The fourth-order valence-electron chi connectivity index (χ4n) is 4.34. The number of hydrogen-bond acceptors (Lipinski definition) is 8. The van der Waals surface area contributed by atoms with E-state index in [2.05, 4.69) is 40.8 Å². The fraction of sp³-hybridized carbons (Fsp3) is 0.588. The van der Waals surface area contributed by atoms with Gasteiger partial charge in [0.2, 0.25) is 0 Å². The van der Waals surface area contributed by atoms with Crippen LogP contribution in [-0.4, -0.2) is 38.2 Å². The van der Waals surface area contributed by atoms with E-state index in [9.17, 15) is 4.79 Å². The van der Waals surface area contributed by atoms with Gasteiger partial charge in [0.05, 0.1) is 23.6 Å². The van der Waals surface area contributed by atoms with Crippen LogP contribution in [0.3, 0.4) is 0 Å². The Labute approximate surface area is 168 Å². The van der Waals surface area contributed by atoms with Crippen molar-refractivity contribution < 1.29 is 13.9 Å². The van der Waals surface area contributed by atoms with Crippen molar-refractivity contribution in [2.75, 3.05) is 11.9 Å². The Balaban J connectivity index is 1.67. The van der Waals surface area contributed by atoms with Gasteiger partial charge in [-0.15, -0.1) is 5.10 Å². The predicted molar refractivity (Wildman–Crippen MR) is 102 cm³/mol. The zero-order chi connectivity index (χ0) is 19.0. The Morgan fingerprint density at radius 2 is 2.07 bits per heavy atom. The fourth-order valence-corrected chi connectivity index (χ4v) is 5.20. The number of anilines is 1. The molecule has 7 nitrogen and oxygen atoms in total. The van der Waals surface area contributed by atoms with Crippen molar-refractivity contribution in [3.8, 4) is 10.6 Å². The van der Waals surface area contributed by atoms with Crippen LogP contribution in [0.25, 0.3) is 10.6 Å². The molecule has 2 atom stereocenters. The van der Waals surface area contributed by atoms with Crippen LogP contribution in [0.2, 0.25) is 0 Å². The zero-order valence-corrected chi connectivity index (χ0v) is 17.1. The Bertz CT molecular complexity index is 829. The highest BCUT2D eigenvalue weighted by atomic mass is 79.9. The van der Waals surface area contributed by atoms with Crippen molar-refractivity contribution in [3.63, 3.8) is 0 Å². The zero-order valence-electron chi connectivity index (χ0n) is 14.7. The van der Waals surface area contributed by atoms with Gasteiger partial charge in [-0.25, -0.2) is 14.4 Å². The number of carbonyl (C=O) groups is 1. The van der Waals surface area contributed by atoms with Crippen LogP contribution in [-0.2, 0) is 9.53 Å². The van der Waals surface area contributed by atoms with E-state index in [1.54, 1.807) is 6.92 Å². The average Bonchev–Trinajstić information content (AvgIpc) is 3.20. The highest BCUT2D eigenvalue weighted by Gasteiger charge is 2.48. The number of nitrogens with zero attached hydrogens (tertiary/aromatic N) is 4. The van der Waals surface area contributed by atoms with Gasteiger partial charge in [0.15, 0.2) is 16.4 Å². The summed E-state index contributed by atoms with van der Waals surface area (Å²) in [5, 5.41) is 6.97. The number of nitrogens with one attached hydrogen (secondary N) is 1. The summed E-state index contributed by atoms with van der Waals surface area (Å²) in [6.07, 6.45) is 5.55. The molecule has 2 heterocycles. The van der Waals surface area contributed by atoms with Gasteiger partial charge in [0.25, 0.3) is 0 Å². The minimum absolute atomic E-state index is 0.0899. The summed E-state index contributed by atoms with van der Waals surface area (Å²) < 4.78 is 24.5. The maximum absolute atomic E-state index is 15.1. The minimum atomic E-state index is -0.562. The molecule has 2 aromatic heterocycles. The first-order chi connectivity index (χ1) is 13.1. The van der Waals surface area contributed by atoms with Gasteiger partial charge in [-0.1, -0.05) is 4.49 Å². The quantitative estimate of drug-likeness (QED) is 0.542. The van der Waals surface area contributed by atoms with E-state index in [1.807, 2.05) is 0 Å². The van der Waals surface area contributed by atoms with Crippen LogP contribution < -0.4 is 5.32 Å². The summed E-state index contributed by atoms with van der Waals surface area (Å²) in [6.45, 7) is 2.15. The second kappa shape index (κ2) is 7.75. The van der Waals surface area contributed by atoms with Crippen molar-refractivity contribution >= 4 is 39.2 Å². The van der Waals surface area contributed by atoms with Crippen molar-refractivity contribution in [3.05, 3.63) is 16.7 Å². The van der Waals surface area contributed by atoms with Crippen LogP contribution in [0.1, 0.15) is 32.6 Å². The molecule has 3 fully saturated rings. The Kier molecular flexibility index (Phi) is 5.36. The molecule has 3 aliphatic rings. The molecular weight excluding hydrogens is 437 g/mol. The molecule has 0 amide bonds. The van der Waals surface area contributed by atoms with E-state index >= 15 is 4.39 Å². The Hall–Kier alpha value is -1.68. The van der Waals surface area contributed by atoms with Gasteiger partial charge in [-0.05, 0) is 71.9 Å². The molecule has 2 bridgehead atoms. The van der Waals surface area contributed by atoms with Crippen molar-refractivity contribution in [1.29, 1.82) is 0 Å². The van der Waals surface area contributed by atoms with Crippen molar-refractivity contribution in [2.45, 2.75) is 38.6 Å². The molecule has 0 aliphatic heterocycles. The third kappa shape index (κ3) is 3.56. The Morgan fingerprint density at radius 1 is 1.33 bits per heavy atom. The van der Waals surface area contributed by atoms with E-state index in [-0.39, 0.29) is 40.1 Å². The van der Waals surface area contributed by atoms with Crippen molar-refractivity contribution in [2.24, 2.45) is 17.8 Å². The second-order valence-corrected chi connectivity index (χ2v) is 8.40. The normalized spacial score (nSPS) is 26.8. The van der Waals surface area contributed by atoms with E-state index < -0.39 is 5.82 Å². The largest absolute Gasteiger partial charge is 0.466 e. The number of rotatable bonds is 5. The number of esters is 1. The maximum atomic E-state index is 15.1. The average molecular weight is 456 g/mol. The highest BCUT2D eigenvalue weighted by Crippen LogP contribution is 2.47. The summed E-state index contributed by atoms with van der Waals surface area (Å²) in [6, 6.07) is -0.194. The molecule has 0 unspecified atom stereocenters. The minimum Gasteiger partial charge on any atom is -0.466 e. The summed E-state index contributed by atoms with van der Waals surface area (Å²) in [7, 11) is 0. The first kappa shape index (κ1) is 18.7. The third-order valence-electron chi connectivity index (χ3n) is 5.50. The van der Waals surface area contributed by atoms with Crippen LogP contribution in [0.15, 0.2) is 10.9 Å². The van der Waals surface area contributed by atoms with E-state index in [1.165, 1.54) is 6.20 Å². The third-order valence-corrected chi connectivity index (χ3v) is 6.53. The number of hydrogen-bond donors (Lipinski definition) is 1. The Morgan fingerprint density at radius 3 is 2.74 bits per heavy atom. The molecule has 3 aliphatic carbocycles. The smallest absolute Gasteiger partial charge is 0.311 e. The highest BCUT2D eigenvalue weighted by molar-refractivity contribution is 9.10. The van der Waals surface area contributed by atoms with Gasteiger partial charge in [-0.3, -0.25) is 4.79 Å². The monoisotopic (exact) mass is 455 g/mol. The molecule has 0 spiro atoms. The van der Waals surface area contributed by atoms with Gasteiger partial charge in [0.1, 0.15) is 5.69 Å². The lowest BCUT2D eigenvalue weighted by Crippen LogP contribution is -2.52. The topological polar surface area (TPSA) is 89.9 Å². The number of aromatic nitrogens is 4. The molecule has 3 saturated carbocycles. The summed E-state index contributed by atoms with van der Waals surface area (Å²) in [4.78, 5) is 21.4. The maximum Gasteiger partial charge on any atom is 0.311 e. The molecule has 0 radical (unpaired) electrons. The number of ether oxygens (including phenoxy) is 1. The lowest BCUT2D eigenvalue weighted by molar-refractivity contribution is -0.154. The van der Waals surface area contributed by atoms with Crippen LogP contribution >= 0.6 is 27.5 Å². The standard InChI is InChI=1S/C17H19BrFN5O2S/c1-2-26-16(25)11-8-3-5-9(6-4-8)13(11)21-15-12(19)14(22-17(18)23-15)10-7-20-24-27-10/h7-9,11,13H,2-6H2,1H3,(H,21,22,23)/t8?,9?,11-,13-/m0/s1. The van der Waals surface area contributed by atoms with E-state index in [0.717, 1.165) is 37.2 Å². The molecule has 5 rings (SSSR count). The summed E-state index contributed by atoms with van der Waals surface area (Å²) in [5.74, 6) is -0.388. The van der Waals surface area contributed by atoms with E-state index in [4.69, 9.17) is 4.74 Å². The molecule has 2 aromatic rings. The molecular formula is C17H19BrFN5O2S. The predicted octanol–water partition coefficient (Wildman–Crippen LogP) is 3.68.